The highest BCUT2D eigenvalue weighted by Gasteiger charge is 2.16. The molecule has 0 spiro atoms. The molecular formula is C17H21N5O3. The van der Waals surface area contributed by atoms with Gasteiger partial charge in [0.05, 0.1) is 31.4 Å². The van der Waals surface area contributed by atoms with Gasteiger partial charge in [-0.1, -0.05) is 0 Å². The highest BCUT2D eigenvalue weighted by Crippen LogP contribution is 2.23. The number of benzene rings is 1. The van der Waals surface area contributed by atoms with Crippen LogP contribution in [-0.4, -0.2) is 58.8 Å². The number of aromatic nitrogens is 3. The number of morpholine rings is 1. The summed E-state index contributed by atoms with van der Waals surface area (Å²) < 4.78 is 14.1. The topological polar surface area (TPSA) is 87.0 Å². The molecule has 0 saturated carbocycles. The molecule has 1 aromatic carbocycles. The van der Waals surface area contributed by atoms with Crippen molar-refractivity contribution in [1.82, 2.24) is 18.9 Å². The first-order valence-electron chi connectivity index (χ1n) is 8.33. The number of fused-ring (bicyclic) bond motifs is 3. The number of imidazole rings is 1. The van der Waals surface area contributed by atoms with Crippen molar-refractivity contribution in [2.45, 2.75) is 6.54 Å². The summed E-state index contributed by atoms with van der Waals surface area (Å²) in [5.41, 5.74) is 7.57. The molecule has 8 nitrogen and oxygen atoms in total. The maximum atomic E-state index is 12.5. The summed E-state index contributed by atoms with van der Waals surface area (Å²) in [5.74, 6) is 1.65. The van der Waals surface area contributed by atoms with Gasteiger partial charge in [-0.2, -0.15) is 0 Å². The highest BCUT2D eigenvalue weighted by molar-refractivity contribution is 5.82. The zero-order valence-electron chi connectivity index (χ0n) is 14.1. The van der Waals surface area contributed by atoms with Crippen LogP contribution in [0.2, 0.25) is 0 Å². The van der Waals surface area contributed by atoms with Gasteiger partial charge >= 0.3 is 0 Å². The average molecular weight is 343 g/mol. The van der Waals surface area contributed by atoms with Crippen LogP contribution in [0.5, 0.6) is 5.75 Å². The molecule has 1 aliphatic heterocycles. The van der Waals surface area contributed by atoms with E-state index in [9.17, 15) is 4.79 Å². The number of hydrogen-bond acceptors (Lipinski definition) is 6. The van der Waals surface area contributed by atoms with E-state index in [1.54, 1.807) is 16.1 Å². The van der Waals surface area contributed by atoms with Crippen LogP contribution in [0.3, 0.4) is 0 Å². The van der Waals surface area contributed by atoms with E-state index < -0.39 is 0 Å². The van der Waals surface area contributed by atoms with Gasteiger partial charge in [0.25, 0.3) is 5.56 Å². The Balaban J connectivity index is 1.79. The molecule has 3 aromatic rings. The van der Waals surface area contributed by atoms with E-state index in [-0.39, 0.29) is 5.56 Å². The van der Waals surface area contributed by atoms with Crippen molar-refractivity contribution in [3.05, 3.63) is 34.6 Å². The molecule has 4 rings (SSSR count). The van der Waals surface area contributed by atoms with Crippen molar-refractivity contribution in [2.75, 3.05) is 45.7 Å². The lowest BCUT2D eigenvalue weighted by Crippen LogP contribution is -2.39. The van der Waals surface area contributed by atoms with Crippen molar-refractivity contribution in [1.29, 1.82) is 0 Å². The average Bonchev–Trinajstić information content (AvgIpc) is 3.01. The Morgan fingerprint density at radius 3 is 2.80 bits per heavy atom. The molecule has 0 aliphatic carbocycles. The first-order chi connectivity index (χ1) is 12.2. The van der Waals surface area contributed by atoms with Gasteiger partial charge in [0.15, 0.2) is 0 Å². The molecule has 132 valence electrons. The van der Waals surface area contributed by atoms with Crippen LogP contribution in [0.25, 0.3) is 16.8 Å². The van der Waals surface area contributed by atoms with E-state index in [2.05, 4.69) is 9.88 Å². The van der Waals surface area contributed by atoms with Gasteiger partial charge in [-0.05, 0) is 12.1 Å². The van der Waals surface area contributed by atoms with Crippen molar-refractivity contribution in [3.63, 3.8) is 0 Å². The molecule has 25 heavy (non-hydrogen) atoms. The van der Waals surface area contributed by atoms with Crippen LogP contribution in [0.15, 0.2) is 29.1 Å². The Bertz CT molecular complexity index is 972. The van der Waals surface area contributed by atoms with Crippen LogP contribution < -0.4 is 16.0 Å². The number of ether oxygens (including phenoxy) is 2. The summed E-state index contributed by atoms with van der Waals surface area (Å²) in [6, 6.07) is 7.05. The van der Waals surface area contributed by atoms with Gasteiger partial charge in [-0.15, -0.1) is 0 Å². The standard InChI is InChI=1S/C17H21N5O3/c1-24-12-2-3-13-14(10-12)22-15(18)11-16(23)21(17(22)19-13)5-4-20-6-8-25-9-7-20/h2-3,10-11H,4-9,18H2,1H3. The first-order valence-corrected chi connectivity index (χ1v) is 8.33. The summed E-state index contributed by atoms with van der Waals surface area (Å²) in [5, 5.41) is 0. The highest BCUT2D eigenvalue weighted by atomic mass is 16.5. The first kappa shape index (κ1) is 15.9. The maximum absolute atomic E-state index is 12.5. The van der Waals surface area contributed by atoms with Crippen molar-refractivity contribution >= 4 is 22.6 Å². The number of hydrogen-bond donors (Lipinski definition) is 1. The minimum absolute atomic E-state index is 0.138. The molecule has 1 fully saturated rings. The van der Waals surface area contributed by atoms with Crippen LogP contribution in [0.1, 0.15) is 0 Å². The molecule has 2 N–H and O–H groups in total. The summed E-state index contributed by atoms with van der Waals surface area (Å²) in [7, 11) is 1.62. The third-order valence-corrected chi connectivity index (χ3v) is 4.62. The zero-order chi connectivity index (χ0) is 17.4. The fraction of sp³-hybridized carbons (Fsp3) is 0.412. The van der Waals surface area contributed by atoms with Gasteiger partial charge in [0.2, 0.25) is 5.78 Å². The van der Waals surface area contributed by atoms with E-state index in [4.69, 9.17) is 15.2 Å². The SMILES string of the molecule is COc1ccc2nc3n(CCN4CCOCC4)c(=O)cc(N)n3c2c1. The van der Waals surface area contributed by atoms with E-state index >= 15 is 0 Å². The van der Waals surface area contributed by atoms with E-state index in [0.29, 0.717) is 18.1 Å². The minimum atomic E-state index is -0.138. The molecule has 0 atom stereocenters. The van der Waals surface area contributed by atoms with Crippen LogP contribution in [0, 0.1) is 0 Å². The number of nitrogens with two attached hydrogens (primary N) is 1. The lowest BCUT2D eigenvalue weighted by molar-refractivity contribution is 0.0364. The van der Waals surface area contributed by atoms with Crippen molar-refractivity contribution in [3.8, 4) is 5.75 Å². The Morgan fingerprint density at radius 1 is 1.24 bits per heavy atom. The van der Waals surface area contributed by atoms with E-state index in [0.717, 1.165) is 49.6 Å². The van der Waals surface area contributed by atoms with E-state index in [1.165, 1.54) is 6.07 Å². The summed E-state index contributed by atoms with van der Waals surface area (Å²) in [6.07, 6.45) is 0. The predicted molar refractivity (Wildman–Crippen MR) is 95.2 cm³/mol. The van der Waals surface area contributed by atoms with Crippen molar-refractivity contribution < 1.29 is 9.47 Å². The molecule has 8 heteroatoms. The quantitative estimate of drug-likeness (QED) is 0.745. The number of rotatable bonds is 4. The summed E-state index contributed by atoms with van der Waals surface area (Å²) in [6.45, 7) is 4.57. The fourth-order valence-corrected chi connectivity index (χ4v) is 3.25. The number of methoxy groups -OCH3 is 1. The minimum Gasteiger partial charge on any atom is -0.497 e. The van der Waals surface area contributed by atoms with Gasteiger partial charge in [0, 0.05) is 38.3 Å². The maximum Gasteiger partial charge on any atom is 0.256 e. The summed E-state index contributed by atoms with van der Waals surface area (Å²) >= 11 is 0. The lowest BCUT2D eigenvalue weighted by atomic mass is 10.3. The van der Waals surface area contributed by atoms with Crippen LogP contribution in [0.4, 0.5) is 5.82 Å². The molecule has 1 aliphatic rings. The molecule has 1 saturated heterocycles. The largest absolute Gasteiger partial charge is 0.497 e. The number of anilines is 1. The molecule has 0 unspecified atom stereocenters. The zero-order valence-corrected chi connectivity index (χ0v) is 14.1. The van der Waals surface area contributed by atoms with Gasteiger partial charge < -0.3 is 15.2 Å². The summed E-state index contributed by atoms with van der Waals surface area (Å²) in [4.78, 5) is 19.4. The van der Waals surface area contributed by atoms with Crippen LogP contribution >= 0.6 is 0 Å². The second-order valence-electron chi connectivity index (χ2n) is 6.11. The smallest absolute Gasteiger partial charge is 0.256 e. The van der Waals surface area contributed by atoms with Gasteiger partial charge in [0.1, 0.15) is 11.6 Å². The Morgan fingerprint density at radius 2 is 2.04 bits per heavy atom. The molecule has 2 aromatic heterocycles. The Labute approximate surface area is 144 Å². The third-order valence-electron chi connectivity index (χ3n) is 4.62. The molecular weight excluding hydrogens is 322 g/mol. The number of nitrogen functional groups attached to an aromatic ring is 1. The lowest BCUT2D eigenvalue weighted by Gasteiger charge is -2.26. The van der Waals surface area contributed by atoms with Crippen molar-refractivity contribution in [2.24, 2.45) is 0 Å². The third kappa shape index (κ3) is 2.83. The monoisotopic (exact) mass is 343 g/mol. The predicted octanol–water partition coefficient (Wildman–Crippen LogP) is 0.572. The molecule has 3 heterocycles. The molecule has 0 bridgehead atoms. The van der Waals surface area contributed by atoms with Gasteiger partial charge in [-0.3, -0.25) is 18.7 Å². The fourth-order valence-electron chi connectivity index (χ4n) is 3.25. The second-order valence-corrected chi connectivity index (χ2v) is 6.11. The molecule has 0 amide bonds. The number of nitrogens with zero attached hydrogens (tertiary/aromatic N) is 4. The normalized spacial score (nSPS) is 15.9. The van der Waals surface area contributed by atoms with Gasteiger partial charge in [-0.25, -0.2) is 4.98 Å². The van der Waals surface area contributed by atoms with Crippen LogP contribution in [-0.2, 0) is 11.3 Å². The Kier molecular flexibility index (Phi) is 4.06. The Hall–Kier alpha value is -2.58. The molecule has 0 radical (unpaired) electrons. The van der Waals surface area contributed by atoms with E-state index in [1.807, 2.05) is 18.2 Å². The second kappa shape index (κ2) is 6.38.